The summed E-state index contributed by atoms with van der Waals surface area (Å²) < 4.78 is 2.19. The minimum atomic E-state index is 0.319. The van der Waals surface area contributed by atoms with Gasteiger partial charge < -0.3 is 19.7 Å². The van der Waals surface area contributed by atoms with Crippen molar-refractivity contribution < 1.29 is 10.2 Å². The monoisotopic (exact) mass is 583 g/mol. The molecule has 5 nitrogen and oxygen atoms in total. The number of hydrogen-bond donors (Lipinski definition) is 2. The lowest BCUT2D eigenvalue weighted by atomic mass is 9.98. The first-order valence-corrected chi connectivity index (χ1v) is 15.4. The predicted octanol–water partition coefficient (Wildman–Crippen LogP) is 8.09. The maximum absolute atomic E-state index is 11.8. The molecule has 6 rings (SSSR count). The average Bonchev–Trinajstić information content (AvgIpc) is 3.36. The van der Waals surface area contributed by atoms with Gasteiger partial charge in [0.15, 0.2) is 0 Å². The Morgan fingerprint density at radius 2 is 1.20 bits per heavy atom. The molecule has 5 aromatic carbocycles. The Morgan fingerprint density at radius 3 is 1.86 bits per heavy atom. The van der Waals surface area contributed by atoms with Crippen molar-refractivity contribution in [2.24, 2.45) is 0 Å². The van der Waals surface area contributed by atoms with Crippen LogP contribution in [0, 0.1) is 13.8 Å². The van der Waals surface area contributed by atoms with E-state index in [1.165, 1.54) is 10.8 Å². The Morgan fingerprint density at radius 1 is 0.614 bits per heavy atom. The van der Waals surface area contributed by atoms with Crippen molar-refractivity contribution in [3.05, 3.63) is 125 Å². The van der Waals surface area contributed by atoms with Crippen LogP contribution in [0.1, 0.15) is 22.3 Å². The van der Waals surface area contributed by atoms with Crippen molar-refractivity contribution in [3.8, 4) is 28.3 Å². The normalized spacial score (nSPS) is 11.8. The van der Waals surface area contributed by atoms with Crippen LogP contribution in [-0.4, -0.2) is 58.3 Å². The van der Waals surface area contributed by atoms with Crippen molar-refractivity contribution in [3.63, 3.8) is 0 Å². The van der Waals surface area contributed by atoms with Crippen LogP contribution in [0.5, 0.6) is 11.5 Å². The lowest BCUT2D eigenvalue weighted by Gasteiger charge is -2.26. The number of aromatic nitrogens is 1. The Hall–Kier alpha value is -4.58. The SMILES string of the molecule is Cc1cc(CN(CCc2cc(C)cc(-n3c4ccccc4c4ccccc43)c2O)CCN(C)C)c(O)c(-c2ccccc2)c1. The minimum absolute atomic E-state index is 0.319. The van der Waals surface area contributed by atoms with Gasteiger partial charge in [-0.05, 0) is 80.9 Å². The summed E-state index contributed by atoms with van der Waals surface area (Å²) in [5.74, 6) is 0.656. The molecule has 0 spiro atoms. The number of para-hydroxylation sites is 2. The van der Waals surface area contributed by atoms with Crippen LogP contribution in [0.25, 0.3) is 38.6 Å². The van der Waals surface area contributed by atoms with Gasteiger partial charge in [-0.2, -0.15) is 0 Å². The second-order valence-electron chi connectivity index (χ2n) is 12.2. The molecule has 0 aliphatic heterocycles. The van der Waals surface area contributed by atoms with Crippen molar-refractivity contribution in [1.29, 1.82) is 0 Å². The zero-order chi connectivity index (χ0) is 30.8. The molecule has 2 N–H and O–H groups in total. The standard InChI is InChI=1S/C39H41N3O2/c1-27-23-31(38(43)34(24-27)29-12-6-5-7-13-29)26-41(21-20-40(3)4)19-18-30-22-28(2)25-37(39(30)44)42-35-16-10-8-14-32(35)33-15-9-11-17-36(33)42/h5-17,22-25,43-44H,18-21,26H2,1-4H3. The second kappa shape index (κ2) is 12.6. The first-order valence-electron chi connectivity index (χ1n) is 15.4. The number of aromatic hydroxyl groups is 2. The number of benzene rings is 5. The number of likely N-dealkylation sites (N-methyl/N-ethyl adjacent to an activating group) is 1. The van der Waals surface area contributed by atoms with E-state index in [0.717, 1.165) is 69.7 Å². The van der Waals surface area contributed by atoms with Crippen LogP contribution in [-0.2, 0) is 13.0 Å². The quantitative estimate of drug-likeness (QED) is 0.171. The fourth-order valence-corrected chi connectivity index (χ4v) is 6.32. The molecule has 0 unspecified atom stereocenters. The van der Waals surface area contributed by atoms with Crippen LogP contribution in [0.2, 0.25) is 0 Å². The van der Waals surface area contributed by atoms with Gasteiger partial charge in [-0.15, -0.1) is 0 Å². The molecular weight excluding hydrogens is 542 g/mol. The molecule has 0 saturated heterocycles. The van der Waals surface area contributed by atoms with Gasteiger partial charge in [0.2, 0.25) is 0 Å². The van der Waals surface area contributed by atoms with Crippen molar-refractivity contribution in [2.75, 3.05) is 33.7 Å². The maximum atomic E-state index is 11.8. The van der Waals surface area contributed by atoms with Gasteiger partial charge in [-0.25, -0.2) is 0 Å². The highest BCUT2D eigenvalue weighted by Crippen LogP contribution is 2.38. The number of rotatable bonds is 10. The number of nitrogens with zero attached hydrogens (tertiary/aromatic N) is 3. The molecule has 0 fully saturated rings. The fraction of sp³-hybridized carbons (Fsp3) is 0.231. The molecule has 0 bridgehead atoms. The Labute approximate surface area is 260 Å². The third kappa shape index (κ3) is 5.94. The van der Waals surface area contributed by atoms with Gasteiger partial charge in [0, 0.05) is 48.1 Å². The van der Waals surface area contributed by atoms with Crippen LogP contribution in [0.15, 0.2) is 103 Å². The zero-order valence-corrected chi connectivity index (χ0v) is 26.1. The van der Waals surface area contributed by atoms with E-state index < -0.39 is 0 Å². The molecule has 0 aliphatic carbocycles. The number of fused-ring (bicyclic) bond motifs is 3. The molecule has 1 heterocycles. The van der Waals surface area contributed by atoms with E-state index in [-0.39, 0.29) is 0 Å². The zero-order valence-electron chi connectivity index (χ0n) is 26.1. The smallest absolute Gasteiger partial charge is 0.142 e. The van der Waals surface area contributed by atoms with Crippen molar-refractivity contribution >= 4 is 21.8 Å². The second-order valence-corrected chi connectivity index (χ2v) is 12.2. The molecule has 0 radical (unpaired) electrons. The van der Waals surface area contributed by atoms with Crippen LogP contribution in [0.3, 0.4) is 0 Å². The summed E-state index contributed by atoms with van der Waals surface area (Å²) >= 11 is 0. The molecule has 0 aliphatic rings. The molecule has 44 heavy (non-hydrogen) atoms. The molecule has 6 aromatic rings. The van der Waals surface area contributed by atoms with Crippen molar-refractivity contribution in [1.82, 2.24) is 14.4 Å². The third-order valence-corrected chi connectivity index (χ3v) is 8.51. The fourth-order valence-electron chi connectivity index (χ4n) is 6.32. The van der Waals surface area contributed by atoms with Crippen LogP contribution >= 0.6 is 0 Å². The molecular formula is C39H41N3O2. The van der Waals surface area contributed by atoms with E-state index in [9.17, 15) is 10.2 Å². The number of hydrogen-bond acceptors (Lipinski definition) is 4. The number of phenols is 2. The van der Waals surface area contributed by atoms with Gasteiger partial charge >= 0.3 is 0 Å². The van der Waals surface area contributed by atoms with Crippen LogP contribution in [0.4, 0.5) is 0 Å². The molecule has 5 heteroatoms. The van der Waals surface area contributed by atoms with E-state index in [2.05, 4.69) is 115 Å². The summed E-state index contributed by atoms with van der Waals surface area (Å²) in [6, 6.07) is 35.2. The summed E-state index contributed by atoms with van der Waals surface area (Å²) in [5.41, 5.74) is 8.92. The highest BCUT2D eigenvalue weighted by atomic mass is 16.3. The molecule has 1 aromatic heterocycles. The Kier molecular flexibility index (Phi) is 8.42. The number of aryl methyl sites for hydroxylation is 2. The van der Waals surface area contributed by atoms with Gasteiger partial charge in [0.1, 0.15) is 11.5 Å². The maximum Gasteiger partial charge on any atom is 0.142 e. The summed E-state index contributed by atoms with van der Waals surface area (Å²) in [6.07, 6.45) is 0.684. The summed E-state index contributed by atoms with van der Waals surface area (Å²) in [6.45, 7) is 7.28. The summed E-state index contributed by atoms with van der Waals surface area (Å²) in [5, 5.41) is 25.5. The number of phenolic OH excluding ortho intramolecular Hbond substituents is 2. The van der Waals surface area contributed by atoms with E-state index in [4.69, 9.17) is 0 Å². The van der Waals surface area contributed by atoms with Gasteiger partial charge in [0.25, 0.3) is 0 Å². The van der Waals surface area contributed by atoms with E-state index in [0.29, 0.717) is 24.5 Å². The van der Waals surface area contributed by atoms with Gasteiger partial charge in [0.05, 0.1) is 16.7 Å². The lowest BCUT2D eigenvalue weighted by Crippen LogP contribution is -2.33. The van der Waals surface area contributed by atoms with E-state index in [1.807, 2.05) is 30.3 Å². The largest absolute Gasteiger partial charge is 0.507 e. The highest BCUT2D eigenvalue weighted by molar-refractivity contribution is 6.09. The molecule has 224 valence electrons. The summed E-state index contributed by atoms with van der Waals surface area (Å²) in [4.78, 5) is 4.56. The van der Waals surface area contributed by atoms with Gasteiger partial charge in [-0.3, -0.25) is 4.90 Å². The first-order chi connectivity index (χ1) is 21.3. The highest BCUT2D eigenvalue weighted by Gasteiger charge is 2.19. The molecule has 0 saturated carbocycles. The minimum Gasteiger partial charge on any atom is -0.507 e. The van der Waals surface area contributed by atoms with Gasteiger partial charge in [-0.1, -0.05) is 78.9 Å². The Bertz CT molecular complexity index is 1870. The van der Waals surface area contributed by atoms with E-state index in [1.54, 1.807) is 0 Å². The van der Waals surface area contributed by atoms with E-state index >= 15 is 0 Å². The Balaban J connectivity index is 1.33. The molecule has 0 atom stereocenters. The lowest BCUT2D eigenvalue weighted by molar-refractivity contribution is 0.233. The van der Waals surface area contributed by atoms with Crippen molar-refractivity contribution in [2.45, 2.75) is 26.8 Å². The summed E-state index contributed by atoms with van der Waals surface area (Å²) in [7, 11) is 4.17. The molecule has 0 amide bonds. The van der Waals surface area contributed by atoms with Crippen LogP contribution < -0.4 is 0 Å². The average molecular weight is 584 g/mol. The first kappa shape index (κ1) is 29.5. The topological polar surface area (TPSA) is 51.9 Å². The predicted molar refractivity (Wildman–Crippen MR) is 183 cm³/mol. The third-order valence-electron chi connectivity index (χ3n) is 8.51.